The molecule has 0 rings (SSSR count). The third kappa shape index (κ3) is 21.9. The topological polar surface area (TPSA) is 52.5 Å². The van der Waals surface area contributed by atoms with Crippen molar-refractivity contribution < 1.29 is 10.2 Å². The number of aliphatic hydroxyl groups is 2. The molecule has 0 heterocycles. The van der Waals surface area contributed by atoms with Gasteiger partial charge in [-0.15, -0.1) is 0 Å². The molecular formula is C20H43NO2. The number of nitrogens with one attached hydrogen (secondary N) is 1. The predicted molar refractivity (Wildman–Crippen MR) is 101 cm³/mol. The minimum Gasteiger partial charge on any atom is -0.367 e. The molecule has 0 unspecified atom stereocenters. The fourth-order valence-electron chi connectivity index (χ4n) is 3.03. The molecule has 23 heavy (non-hydrogen) atoms. The van der Waals surface area contributed by atoms with E-state index in [1.165, 1.54) is 96.3 Å². The molecule has 0 aliphatic carbocycles. The van der Waals surface area contributed by atoms with Gasteiger partial charge in [0.1, 0.15) is 0 Å². The first-order chi connectivity index (χ1) is 11.3. The first-order valence-electron chi connectivity index (χ1n) is 10.3. The highest BCUT2D eigenvalue weighted by Gasteiger charge is 1.96. The second-order valence-electron chi connectivity index (χ2n) is 6.99. The van der Waals surface area contributed by atoms with Crippen molar-refractivity contribution in [3.8, 4) is 0 Å². The maximum atomic E-state index is 8.68. The molecule has 0 amide bonds. The third-order valence-corrected chi connectivity index (χ3v) is 4.53. The summed E-state index contributed by atoms with van der Waals surface area (Å²) in [6, 6.07) is 0. The maximum Gasteiger partial charge on any atom is 0.164 e. The smallest absolute Gasteiger partial charge is 0.164 e. The van der Waals surface area contributed by atoms with E-state index >= 15 is 0 Å². The normalized spacial score (nSPS) is 11.5. The van der Waals surface area contributed by atoms with Crippen LogP contribution < -0.4 is 5.32 Å². The fourth-order valence-corrected chi connectivity index (χ4v) is 3.03. The molecule has 0 aliphatic rings. The van der Waals surface area contributed by atoms with Crippen molar-refractivity contribution in [3.63, 3.8) is 0 Å². The Morgan fingerprint density at radius 1 is 0.565 bits per heavy atom. The van der Waals surface area contributed by atoms with Gasteiger partial charge < -0.3 is 15.5 Å². The van der Waals surface area contributed by atoms with Gasteiger partial charge >= 0.3 is 0 Å². The number of hydrogen-bond acceptors (Lipinski definition) is 3. The quantitative estimate of drug-likeness (QED) is 0.227. The molecule has 0 saturated carbocycles. The highest BCUT2D eigenvalue weighted by Crippen LogP contribution is 2.13. The third-order valence-electron chi connectivity index (χ3n) is 4.53. The van der Waals surface area contributed by atoms with Crippen molar-refractivity contribution in [1.82, 2.24) is 5.32 Å². The second kappa shape index (κ2) is 19.9. The number of rotatable bonds is 19. The molecular weight excluding hydrogens is 286 g/mol. The summed E-state index contributed by atoms with van der Waals surface area (Å²) < 4.78 is 0. The lowest BCUT2D eigenvalue weighted by atomic mass is 10.0. The van der Waals surface area contributed by atoms with Crippen LogP contribution in [0.3, 0.4) is 0 Å². The predicted octanol–water partition coefficient (Wildman–Crippen LogP) is 5.15. The average molecular weight is 330 g/mol. The van der Waals surface area contributed by atoms with Crippen LogP contribution in [0.2, 0.25) is 0 Å². The lowest BCUT2D eigenvalue weighted by Crippen LogP contribution is -2.26. The summed E-state index contributed by atoms with van der Waals surface area (Å²) in [5, 5.41) is 20.4. The number of aliphatic hydroxyl groups excluding tert-OH is 1. The van der Waals surface area contributed by atoms with Crippen LogP contribution in [0.25, 0.3) is 0 Å². The molecule has 0 aromatic rings. The van der Waals surface area contributed by atoms with Crippen molar-refractivity contribution in [2.45, 2.75) is 116 Å². The van der Waals surface area contributed by atoms with Crippen molar-refractivity contribution in [2.24, 2.45) is 0 Å². The average Bonchev–Trinajstić information content (AvgIpc) is 2.53. The Labute approximate surface area is 145 Å². The highest BCUT2D eigenvalue weighted by atomic mass is 16.5. The van der Waals surface area contributed by atoms with Crippen LogP contribution in [0.15, 0.2) is 0 Å². The Kier molecular flexibility index (Phi) is 19.8. The summed E-state index contributed by atoms with van der Waals surface area (Å²) in [6.07, 6.45) is 21.0. The standard InChI is InChI=1S/C20H43NO2/c1-2-3-4-5-6-7-8-9-10-11-12-13-14-15-16-17-18-21-19-20(22)23/h20-23H,2-19H2,1H3. The largest absolute Gasteiger partial charge is 0.367 e. The fraction of sp³-hybridized carbons (Fsp3) is 1.00. The SMILES string of the molecule is CCCCCCCCCCCCCCCCCCNCC(O)O. The van der Waals surface area contributed by atoms with E-state index in [1.807, 2.05) is 0 Å². The number of hydrogen-bond donors (Lipinski definition) is 3. The molecule has 0 bridgehead atoms. The van der Waals surface area contributed by atoms with Crippen LogP contribution in [-0.2, 0) is 0 Å². The van der Waals surface area contributed by atoms with E-state index in [0.29, 0.717) is 6.54 Å². The molecule has 0 atom stereocenters. The van der Waals surface area contributed by atoms with Gasteiger partial charge in [0, 0.05) is 6.54 Å². The van der Waals surface area contributed by atoms with Crippen LogP contribution in [0.1, 0.15) is 110 Å². The molecule has 3 heteroatoms. The molecule has 0 aromatic heterocycles. The first-order valence-corrected chi connectivity index (χ1v) is 10.3. The van der Waals surface area contributed by atoms with Crippen molar-refractivity contribution in [2.75, 3.05) is 13.1 Å². The van der Waals surface area contributed by atoms with Gasteiger partial charge in [0.2, 0.25) is 0 Å². The van der Waals surface area contributed by atoms with Crippen molar-refractivity contribution in [3.05, 3.63) is 0 Å². The van der Waals surface area contributed by atoms with Gasteiger partial charge in [-0.05, 0) is 13.0 Å². The van der Waals surface area contributed by atoms with Gasteiger partial charge in [0.05, 0.1) is 0 Å². The highest BCUT2D eigenvalue weighted by molar-refractivity contribution is 4.52. The molecule has 140 valence electrons. The summed E-state index contributed by atoms with van der Waals surface area (Å²) >= 11 is 0. The Morgan fingerprint density at radius 2 is 0.913 bits per heavy atom. The van der Waals surface area contributed by atoms with E-state index < -0.39 is 6.29 Å². The van der Waals surface area contributed by atoms with E-state index in [1.54, 1.807) is 0 Å². The van der Waals surface area contributed by atoms with Gasteiger partial charge in [-0.2, -0.15) is 0 Å². The van der Waals surface area contributed by atoms with Crippen LogP contribution in [0, 0.1) is 0 Å². The summed E-state index contributed by atoms with van der Waals surface area (Å²) in [4.78, 5) is 0. The lowest BCUT2D eigenvalue weighted by Gasteiger charge is -2.06. The Bertz CT molecular complexity index is 210. The zero-order valence-corrected chi connectivity index (χ0v) is 15.7. The second-order valence-corrected chi connectivity index (χ2v) is 6.99. The number of unbranched alkanes of at least 4 members (excludes halogenated alkanes) is 15. The lowest BCUT2D eigenvalue weighted by molar-refractivity contribution is -0.0370. The van der Waals surface area contributed by atoms with Gasteiger partial charge in [-0.1, -0.05) is 103 Å². The first kappa shape index (κ1) is 22.9. The molecule has 0 fully saturated rings. The Balaban J connectivity index is 2.95. The van der Waals surface area contributed by atoms with E-state index in [4.69, 9.17) is 10.2 Å². The van der Waals surface area contributed by atoms with Crippen LogP contribution in [-0.4, -0.2) is 29.6 Å². The molecule has 3 nitrogen and oxygen atoms in total. The van der Waals surface area contributed by atoms with E-state index in [9.17, 15) is 0 Å². The molecule has 3 N–H and O–H groups in total. The monoisotopic (exact) mass is 329 g/mol. The zero-order chi connectivity index (χ0) is 17.0. The van der Waals surface area contributed by atoms with E-state index in [2.05, 4.69) is 12.2 Å². The van der Waals surface area contributed by atoms with E-state index in [-0.39, 0.29) is 0 Å². The molecule has 0 saturated heterocycles. The summed E-state index contributed by atoms with van der Waals surface area (Å²) in [5.74, 6) is 0. The van der Waals surface area contributed by atoms with Gasteiger partial charge in [0.15, 0.2) is 6.29 Å². The van der Waals surface area contributed by atoms with Crippen LogP contribution >= 0.6 is 0 Å². The summed E-state index contributed by atoms with van der Waals surface area (Å²) in [6.45, 7) is 3.47. The minimum atomic E-state index is -1.21. The Morgan fingerprint density at radius 3 is 1.26 bits per heavy atom. The molecule has 0 spiro atoms. The van der Waals surface area contributed by atoms with Gasteiger partial charge in [-0.25, -0.2) is 0 Å². The Hall–Kier alpha value is -0.120. The van der Waals surface area contributed by atoms with Gasteiger partial charge in [0.25, 0.3) is 0 Å². The summed E-state index contributed by atoms with van der Waals surface area (Å²) in [7, 11) is 0. The molecule has 0 aromatic carbocycles. The molecule has 0 radical (unpaired) electrons. The van der Waals surface area contributed by atoms with E-state index in [0.717, 1.165) is 13.0 Å². The van der Waals surface area contributed by atoms with Crippen molar-refractivity contribution in [1.29, 1.82) is 0 Å². The zero-order valence-electron chi connectivity index (χ0n) is 15.7. The van der Waals surface area contributed by atoms with Crippen LogP contribution in [0.4, 0.5) is 0 Å². The van der Waals surface area contributed by atoms with Crippen molar-refractivity contribution >= 4 is 0 Å². The van der Waals surface area contributed by atoms with Gasteiger partial charge in [-0.3, -0.25) is 0 Å². The minimum absolute atomic E-state index is 0.290. The van der Waals surface area contributed by atoms with Crippen LogP contribution in [0.5, 0.6) is 0 Å². The summed E-state index contributed by atoms with van der Waals surface area (Å²) in [5.41, 5.74) is 0. The molecule has 0 aliphatic heterocycles. The maximum absolute atomic E-state index is 8.68.